The normalized spacial score (nSPS) is 14.4. The Kier molecular flexibility index (Phi) is 5.28. The van der Waals surface area contributed by atoms with Crippen LogP contribution in [0.25, 0.3) is 0 Å². The van der Waals surface area contributed by atoms with Crippen LogP contribution in [-0.4, -0.2) is 11.8 Å². The van der Waals surface area contributed by atoms with Crippen molar-refractivity contribution in [2.75, 3.05) is 0 Å². The summed E-state index contributed by atoms with van der Waals surface area (Å²) in [5, 5.41) is 0. The standard InChI is InChI=1S/C13H17BrFNO/c1-3-8(2)13(16)12(17)7-9-6-10(15)4-5-11(9)14/h4-6,8,13H,3,7,16H2,1-2H3. The summed E-state index contributed by atoms with van der Waals surface area (Å²) in [6.07, 6.45) is 1.03. The van der Waals surface area contributed by atoms with Crippen molar-refractivity contribution in [1.82, 2.24) is 0 Å². The molecule has 0 saturated carbocycles. The summed E-state index contributed by atoms with van der Waals surface area (Å²) in [6.45, 7) is 3.94. The summed E-state index contributed by atoms with van der Waals surface area (Å²) in [7, 11) is 0. The summed E-state index contributed by atoms with van der Waals surface area (Å²) >= 11 is 3.30. The lowest BCUT2D eigenvalue weighted by molar-refractivity contribution is -0.120. The van der Waals surface area contributed by atoms with Crippen molar-refractivity contribution in [2.45, 2.75) is 32.7 Å². The van der Waals surface area contributed by atoms with Gasteiger partial charge in [-0.15, -0.1) is 0 Å². The Hall–Kier alpha value is -0.740. The zero-order valence-corrected chi connectivity index (χ0v) is 11.6. The van der Waals surface area contributed by atoms with Crippen LogP contribution >= 0.6 is 15.9 Å². The fourth-order valence-corrected chi connectivity index (χ4v) is 1.94. The molecule has 17 heavy (non-hydrogen) atoms. The number of nitrogens with two attached hydrogens (primary N) is 1. The Morgan fingerprint density at radius 3 is 2.76 bits per heavy atom. The highest BCUT2D eigenvalue weighted by molar-refractivity contribution is 9.10. The van der Waals surface area contributed by atoms with Crippen molar-refractivity contribution in [3.8, 4) is 0 Å². The molecule has 0 spiro atoms. The molecule has 1 aromatic carbocycles. The quantitative estimate of drug-likeness (QED) is 0.908. The zero-order chi connectivity index (χ0) is 13.0. The second-order valence-corrected chi connectivity index (χ2v) is 5.14. The molecule has 0 radical (unpaired) electrons. The molecule has 2 nitrogen and oxygen atoms in total. The third-order valence-corrected chi connectivity index (χ3v) is 3.77. The van der Waals surface area contributed by atoms with E-state index in [0.717, 1.165) is 10.9 Å². The van der Waals surface area contributed by atoms with Crippen LogP contribution in [0.15, 0.2) is 22.7 Å². The Morgan fingerprint density at radius 1 is 1.53 bits per heavy atom. The van der Waals surface area contributed by atoms with Gasteiger partial charge in [-0.05, 0) is 29.7 Å². The number of hydrogen-bond donors (Lipinski definition) is 1. The topological polar surface area (TPSA) is 43.1 Å². The molecule has 0 aliphatic heterocycles. The van der Waals surface area contributed by atoms with Gasteiger partial charge in [0.25, 0.3) is 0 Å². The van der Waals surface area contributed by atoms with Gasteiger partial charge < -0.3 is 5.73 Å². The molecule has 0 saturated heterocycles. The maximum atomic E-state index is 13.1. The molecule has 1 rings (SSSR count). The van der Waals surface area contributed by atoms with Gasteiger partial charge in [-0.1, -0.05) is 36.2 Å². The van der Waals surface area contributed by atoms with E-state index >= 15 is 0 Å². The average molecular weight is 302 g/mol. The van der Waals surface area contributed by atoms with E-state index in [2.05, 4.69) is 15.9 Å². The number of Topliss-reactive ketones (excluding diaryl/α,β-unsaturated/α-hetero) is 1. The van der Waals surface area contributed by atoms with Gasteiger partial charge in [-0.3, -0.25) is 4.79 Å². The van der Waals surface area contributed by atoms with Crippen LogP contribution in [0.5, 0.6) is 0 Å². The predicted octanol–water partition coefficient (Wildman–Crippen LogP) is 3.07. The van der Waals surface area contributed by atoms with Crippen molar-refractivity contribution >= 4 is 21.7 Å². The molecule has 2 N–H and O–H groups in total. The third-order valence-electron chi connectivity index (χ3n) is 3.00. The van der Waals surface area contributed by atoms with E-state index in [-0.39, 0.29) is 23.9 Å². The van der Waals surface area contributed by atoms with Gasteiger partial charge in [0.2, 0.25) is 0 Å². The summed E-state index contributed by atoms with van der Waals surface area (Å²) in [5.74, 6) is -0.242. The van der Waals surface area contributed by atoms with Crippen LogP contribution in [0, 0.1) is 11.7 Å². The molecule has 2 atom stereocenters. The van der Waals surface area contributed by atoms with Crippen molar-refractivity contribution in [3.63, 3.8) is 0 Å². The van der Waals surface area contributed by atoms with Gasteiger partial charge in [0.05, 0.1) is 6.04 Å². The van der Waals surface area contributed by atoms with E-state index in [1.54, 1.807) is 6.07 Å². The van der Waals surface area contributed by atoms with Gasteiger partial charge in [-0.2, -0.15) is 0 Å². The van der Waals surface area contributed by atoms with Gasteiger partial charge in [0, 0.05) is 10.9 Å². The molecule has 0 amide bonds. The highest BCUT2D eigenvalue weighted by atomic mass is 79.9. The van der Waals surface area contributed by atoms with Crippen LogP contribution < -0.4 is 5.73 Å². The highest BCUT2D eigenvalue weighted by Gasteiger charge is 2.20. The minimum absolute atomic E-state index is 0.0503. The maximum Gasteiger partial charge on any atom is 0.154 e. The van der Waals surface area contributed by atoms with Crippen molar-refractivity contribution in [1.29, 1.82) is 0 Å². The Balaban J connectivity index is 2.77. The lowest BCUT2D eigenvalue weighted by Crippen LogP contribution is -2.37. The molecule has 0 fully saturated rings. The molecular weight excluding hydrogens is 285 g/mol. The van der Waals surface area contributed by atoms with Crippen LogP contribution in [0.4, 0.5) is 4.39 Å². The number of carbonyl (C=O) groups excluding carboxylic acids is 1. The van der Waals surface area contributed by atoms with Crippen LogP contribution in [0.2, 0.25) is 0 Å². The molecular formula is C13H17BrFNO. The molecule has 0 aliphatic carbocycles. The van der Waals surface area contributed by atoms with Crippen molar-refractivity contribution in [2.24, 2.45) is 11.7 Å². The van der Waals surface area contributed by atoms with Gasteiger partial charge in [-0.25, -0.2) is 4.39 Å². The lowest BCUT2D eigenvalue weighted by Gasteiger charge is -2.17. The predicted molar refractivity (Wildman–Crippen MR) is 70.2 cm³/mol. The summed E-state index contributed by atoms with van der Waals surface area (Å²) in [6, 6.07) is 3.85. The van der Waals surface area contributed by atoms with Gasteiger partial charge in [0.15, 0.2) is 5.78 Å². The minimum Gasteiger partial charge on any atom is -0.321 e. The Labute approximate surface area is 110 Å². The monoisotopic (exact) mass is 301 g/mol. The average Bonchev–Trinajstić information content (AvgIpc) is 2.31. The first-order chi connectivity index (χ1) is 7.95. The Morgan fingerprint density at radius 2 is 2.18 bits per heavy atom. The first kappa shape index (κ1) is 14.3. The molecule has 2 unspecified atom stereocenters. The summed E-state index contributed by atoms with van der Waals surface area (Å²) in [5.41, 5.74) is 6.50. The van der Waals surface area contributed by atoms with Crippen LogP contribution in [-0.2, 0) is 11.2 Å². The molecule has 94 valence electrons. The molecule has 0 bridgehead atoms. The second-order valence-electron chi connectivity index (χ2n) is 4.29. The molecule has 0 heterocycles. The number of rotatable bonds is 5. The summed E-state index contributed by atoms with van der Waals surface area (Å²) in [4.78, 5) is 11.9. The van der Waals surface area contributed by atoms with Gasteiger partial charge in [0.1, 0.15) is 5.82 Å². The molecule has 0 aliphatic rings. The van der Waals surface area contributed by atoms with E-state index in [0.29, 0.717) is 5.56 Å². The van der Waals surface area contributed by atoms with Gasteiger partial charge >= 0.3 is 0 Å². The van der Waals surface area contributed by atoms with Crippen LogP contribution in [0.1, 0.15) is 25.8 Å². The van der Waals surface area contributed by atoms with E-state index < -0.39 is 6.04 Å². The first-order valence-electron chi connectivity index (χ1n) is 5.68. The third kappa shape index (κ3) is 3.89. The lowest BCUT2D eigenvalue weighted by atomic mass is 9.93. The largest absolute Gasteiger partial charge is 0.321 e. The molecule has 0 aromatic heterocycles. The molecule has 4 heteroatoms. The maximum absolute atomic E-state index is 13.1. The van der Waals surface area contributed by atoms with E-state index in [1.165, 1.54) is 12.1 Å². The number of hydrogen-bond acceptors (Lipinski definition) is 2. The first-order valence-corrected chi connectivity index (χ1v) is 6.47. The van der Waals surface area contributed by atoms with Crippen molar-refractivity contribution < 1.29 is 9.18 Å². The zero-order valence-electron chi connectivity index (χ0n) is 10.0. The fourth-order valence-electron chi connectivity index (χ4n) is 1.56. The van der Waals surface area contributed by atoms with Crippen molar-refractivity contribution in [3.05, 3.63) is 34.1 Å². The minimum atomic E-state index is -0.477. The summed E-state index contributed by atoms with van der Waals surface area (Å²) < 4.78 is 13.8. The number of ketones is 1. The molecule has 1 aromatic rings. The number of carbonyl (C=O) groups is 1. The smallest absolute Gasteiger partial charge is 0.154 e. The van der Waals surface area contributed by atoms with Crippen LogP contribution in [0.3, 0.4) is 0 Å². The SMILES string of the molecule is CCC(C)C(N)C(=O)Cc1cc(F)ccc1Br. The van der Waals surface area contributed by atoms with E-state index in [9.17, 15) is 9.18 Å². The number of halogens is 2. The number of benzene rings is 1. The van der Waals surface area contributed by atoms with E-state index in [4.69, 9.17) is 5.73 Å². The second kappa shape index (κ2) is 6.26. The Bertz CT molecular complexity index is 408. The van der Waals surface area contributed by atoms with E-state index in [1.807, 2.05) is 13.8 Å². The highest BCUT2D eigenvalue weighted by Crippen LogP contribution is 2.19. The fraction of sp³-hybridized carbons (Fsp3) is 0.462.